The number of nitrogens with zero attached hydrogens (tertiary/aromatic N) is 4. The van der Waals surface area contributed by atoms with Gasteiger partial charge in [0.25, 0.3) is 0 Å². The molecular formula is C8H17N5O. The molecule has 80 valence electrons. The molecule has 1 heterocycles. The Labute approximate surface area is 83.9 Å². The van der Waals surface area contributed by atoms with Gasteiger partial charge in [0.2, 0.25) is 6.41 Å². The zero-order chi connectivity index (χ0) is 10.4. The molecule has 1 rings (SSSR count). The Balaban J connectivity index is 2.21. The maximum Gasteiger partial charge on any atom is 0.209 e. The summed E-state index contributed by atoms with van der Waals surface area (Å²) in [5.41, 5.74) is 0. The zero-order valence-corrected chi connectivity index (χ0v) is 8.46. The summed E-state index contributed by atoms with van der Waals surface area (Å²) in [6.07, 6.45) is 2.69. The fraction of sp³-hybridized carbons (Fsp3) is 0.750. The Morgan fingerprint density at radius 2 is 1.93 bits per heavy atom. The van der Waals surface area contributed by atoms with Gasteiger partial charge in [0, 0.05) is 33.2 Å². The fourth-order valence-corrected chi connectivity index (χ4v) is 1.24. The third kappa shape index (κ3) is 3.71. The van der Waals surface area contributed by atoms with Crippen molar-refractivity contribution in [3.05, 3.63) is 0 Å². The SMILES string of the molecule is CN(N)CN=CN1CCN(C=O)CC1. The monoisotopic (exact) mass is 199 g/mol. The van der Waals surface area contributed by atoms with E-state index in [0.29, 0.717) is 6.67 Å². The zero-order valence-electron chi connectivity index (χ0n) is 8.46. The largest absolute Gasteiger partial charge is 0.359 e. The van der Waals surface area contributed by atoms with Crippen molar-refractivity contribution in [2.24, 2.45) is 10.8 Å². The highest BCUT2D eigenvalue weighted by Gasteiger charge is 2.11. The lowest BCUT2D eigenvalue weighted by molar-refractivity contribution is -0.119. The molecule has 0 aromatic rings. The summed E-state index contributed by atoms with van der Waals surface area (Å²) >= 11 is 0. The van der Waals surface area contributed by atoms with Crippen LogP contribution in [0.4, 0.5) is 0 Å². The van der Waals surface area contributed by atoms with E-state index in [9.17, 15) is 4.79 Å². The van der Waals surface area contributed by atoms with E-state index in [4.69, 9.17) is 5.84 Å². The fourth-order valence-electron chi connectivity index (χ4n) is 1.24. The van der Waals surface area contributed by atoms with Crippen LogP contribution in [0.3, 0.4) is 0 Å². The summed E-state index contributed by atoms with van der Waals surface area (Å²) in [7, 11) is 1.77. The van der Waals surface area contributed by atoms with Crippen molar-refractivity contribution in [1.29, 1.82) is 0 Å². The Morgan fingerprint density at radius 3 is 2.43 bits per heavy atom. The van der Waals surface area contributed by atoms with Crippen molar-refractivity contribution in [2.45, 2.75) is 0 Å². The normalized spacial score (nSPS) is 18.2. The molecule has 1 saturated heterocycles. The Kier molecular flexibility index (Phi) is 4.34. The molecule has 6 nitrogen and oxygen atoms in total. The van der Waals surface area contributed by atoms with Gasteiger partial charge in [-0.3, -0.25) is 15.6 Å². The van der Waals surface area contributed by atoms with Crippen LogP contribution in [0.2, 0.25) is 0 Å². The van der Waals surface area contributed by atoms with Crippen LogP contribution in [0, 0.1) is 0 Å². The topological polar surface area (TPSA) is 65.2 Å². The molecule has 6 heteroatoms. The average molecular weight is 199 g/mol. The van der Waals surface area contributed by atoms with Gasteiger partial charge in [-0.25, -0.2) is 5.01 Å². The lowest BCUT2D eigenvalue weighted by Crippen LogP contribution is -2.45. The summed E-state index contributed by atoms with van der Waals surface area (Å²) in [6.45, 7) is 3.73. The van der Waals surface area contributed by atoms with E-state index >= 15 is 0 Å². The summed E-state index contributed by atoms with van der Waals surface area (Å²) in [5, 5.41) is 1.51. The third-order valence-electron chi connectivity index (χ3n) is 2.05. The Hall–Kier alpha value is -1.14. The van der Waals surface area contributed by atoms with Gasteiger partial charge in [0.1, 0.15) is 6.67 Å². The molecule has 0 aromatic carbocycles. The number of amides is 1. The Bertz CT molecular complexity index is 198. The minimum Gasteiger partial charge on any atom is -0.359 e. The first-order valence-corrected chi connectivity index (χ1v) is 4.61. The summed E-state index contributed by atoms with van der Waals surface area (Å²) < 4.78 is 0. The quantitative estimate of drug-likeness (QED) is 0.198. The molecule has 0 radical (unpaired) electrons. The lowest BCUT2D eigenvalue weighted by atomic mass is 10.3. The van der Waals surface area contributed by atoms with Crippen LogP contribution in [-0.4, -0.2) is 67.5 Å². The number of hydrazine groups is 1. The molecule has 0 aromatic heterocycles. The van der Waals surface area contributed by atoms with Crippen LogP contribution in [0.25, 0.3) is 0 Å². The first-order valence-electron chi connectivity index (χ1n) is 4.61. The third-order valence-corrected chi connectivity index (χ3v) is 2.05. The molecular weight excluding hydrogens is 182 g/mol. The maximum atomic E-state index is 10.4. The maximum absolute atomic E-state index is 10.4. The van der Waals surface area contributed by atoms with Crippen LogP contribution >= 0.6 is 0 Å². The van der Waals surface area contributed by atoms with Gasteiger partial charge in [-0.05, 0) is 0 Å². The number of carbonyl (C=O) groups excluding carboxylic acids is 1. The van der Waals surface area contributed by atoms with Crippen LogP contribution in [-0.2, 0) is 4.79 Å². The minimum atomic E-state index is 0.494. The molecule has 1 aliphatic rings. The average Bonchev–Trinajstić information content (AvgIpc) is 2.18. The van der Waals surface area contributed by atoms with Gasteiger partial charge in [0.05, 0.1) is 6.34 Å². The molecule has 1 fully saturated rings. The molecule has 1 aliphatic heterocycles. The highest BCUT2D eigenvalue weighted by molar-refractivity contribution is 5.56. The van der Waals surface area contributed by atoms with Gasteiger partial charge < -0.3 is 9.80 Å². The van der Waals surface area contributed by atoms with Crippen LogP contribution in [0.1, 0.15) is 0 Å². The van der Waals surface area contributed by atoms with Crippen molar-refractivity contribution in [1.82, 2.24) is 14.8 Å². The van der Waals surface area contributed by atoms with Crippen LogP contribution in [0.15, 0.2) is 4.99 Å². The first-order chi connectivity index (χ1) is 6.72. The molecule has 0 aliphatic carbocycles. The Morgan fingerprint density at radius 1 is 1.36 bits per heavy atom. The molecule has 14 heavy (non-hydrogen) atoms. The van der Waals surface area contributed by atoms with Crippen molar-refractivity contribution >= 4 is 12.7 Å². The van der Waals surface area contributed by atoms with E-state index in [2.05, 4.69) is 9.89 Å². The predicted molar refractivity (Wildman–Crippen MR) is 54.5 cm³/mol. The van der Waals surface area contributed by atoms with Crippen molar-refractivity contribution < 1.29 is 4.79 Å². The van der Waals surface area contributed by atoms with E-state index in [1.165, 1.54) is 5.01 Å². The van der Waals surface area contributed by atoms with E-state index in [0.717, 1.165) is 32.6 Å². The molecule has 0 bridgehead atoms. The van der Waals surface area contributed by atoms with E-state index in [1.807, 2.05) is 0 Å². The smallest absolute Gasteiger partial charge is 0.209 e. The molecule has 2 N–H and O–H groups in total. The number of hydrogen-bond acceptors (Lipinski definition) is 4. The number of rotatable bonds is 4. The molecule has 0 atom stereocenters. The number of aliphatic imine (C=N–C) groups is 1. The van der Waals surface area contributed by atoms with Gasteiger partial charge in [0.15, 0.2) is 0 Å². The number of piperazine rings is 1. The van der Waals surface area contributed by atoms with E-state index in [1.54, 1.807) is 18.3 Å². The van der Waals surface area contributed by atoms with Crippen LogP contribution < -0.4 is 5.84 Å². The second kappa shape index (κ2) is 5.56. The van der Waals surface area contributed by atoms with Gasteiger partial charge in [-0.1, -0.05) is 0 Å². The number of carbonyl (C=O) groups is 1. The summed E-state index contributed by atoms with van der Waals surface area (Å²) in [6, 6.07) is 0. The lowest BCUT2D eigenvalue weighted by Gasteiger charge is -2.31. The molecule has 0 unspecified atom stereocenters. The highest BCUT2D eigenvalue weighted by atomic mass is 16.1. The number of nitrogens with two attached hydrogens (primary N) is 1. The minimum absolute atomic E-state index is 0.494. The molecule has 1 amide bonds. The van der Waals surface area contributed by atoms with E-state index in [-0.39, 0.29) is 0 Å². The van der Waals surface area contributed by atoms with Gasteiger partial charge >= 0.3 is 0 Å². The van der Waals surface area contributed by atoms with Crippen molar-refractivity contribution in [2.75, 3.05) is 39.9 Å². The molecule has 0 spiro atoms. The predicted octanol–water partition coefficient (Wildman–Crippen LogP) is -1.45. The standard InChI is InChI=1S/C8H17N5O/c1-11(9)6-10-7-12-2-4-13(8-14)5-3-12/h7-8H,2-6,9H2,1H3. The van der Waals surface area contributed by atoms with Crippen LogP contribution in [0.5, 0.6) is 0 Å². The van der Waals surface area contributed by atoms with Gasteiger partial charge in [-0.15, -0.1) is 0 Å². The molecule has 0 saturated carbocycles. The summed E-state index contributed by atoms with van der Waals surface area (Å²) in [4.78, 5) is 18.4. The van der Waals surface area contributed by atoms with E-state index < -0.39 is 0 Å². The second-order valence-electron chi connectivity index (χ2n) is 3.37. The van der Waals surface area contributed by atoms with Gasteiger partial charge in [-0.2, -0.15) is 0 Å². The van der Waals surface area contributed by atoms with Crippen molar-refractivity contribution in [3.63, 3.8) is 0 Å². The summed E-state index contributed by atoms with van der Waals surface area (Å²) in [5.74, 6) is 5.40. The highest BCUT2D eigenvalue weighted by Crippen LogP contribution is 1.96. The second-order valence-corrected chi connectivity index (χ2v) is 3.37. The first kappa shape index (κ1) is 10.9. The van der Waals surface area contributed by atoms with Crippen molar-refractivity contribution in [3.8, 4) is 0 Å². The number of hydrogen-bond donors (Lipinski definition) is 1.